The van der Waals surface area contributed by atoms with Crippen LogP contribution in [-0.2, 0) is 0 Å². The second kappa shape index (κ2) is 3.98. The highest BCUT2D eigenvalue weighted by molar-refractivity contribution is 5.84. The molecule has 2 heteroatoms. The zero-order valence-corrected chi connectivity index (χ0v) is 9.59. The maximum atomic E-state index is 4.32. The molecule has 0 unspecified atom stereocenters. The highest BCUT2D eigenvalue weighted by Gasteiger charge is 2.03. The van der Waals surface area contributed by atoms with Crippen molar-refractivity contribution in [3.05, 3.63) is 60.6 Å². The summed E-state index contributed by atoms with van der Waals surface area (Å²) >= 11 is 0. The third-order valence-electron chi connectivity index (χ3n) is 2.92. The van der Waals surface area contributed by atoms with Gasteiger partial charge in [0.15, 0.2) is 0 Å². The average Bonchev–Trinajstić information content (AvgIpc) is 2.39. The molecule has 3 aromatic rings. The Balaban J connectivity index is 2.22. The summed E-state index contributed by atoms with van der Waals surface area (Å²) in [5, 5.41) is 1.16. The molecule has 0 aliphatic rings. The van der Waals surface area contributed by atoms with Gasteiger partial charge in [-0.1, -0.05) is 18.2 Å². The molecule has 0 saturated carbocycles. The third-order valence-corrected chi connectivity index (χ3v) is 2.92. The smallest absolute Gasteiger partial charge is 0.0702 e. The fraction of sp³-hybridized carbons (Fsp3) is 0.0667. The van der Waals surface area contributed by atoms with Gasteiger partial charge in [0.1, 0.15) is 0 Å². The van der Waals surface area contributed by atoms with Crippen molar-refractivity contribution in [1.82, 2.24) is 9.97 Å². The number of aryl methyl sites for hydroxylation is 1. The van der Waals surface area contributed by atoms with E-state index in [1.807, 2.05) is 31.5 Å². The summed E-state index contributed by atoms with van der Waals surface area (Å²) in [6.45, 7) is 2.03. The lowest BCUT2D eigenvalue weighted by Crippen LogP contribution is -1.87. The Hall–Kier alpha value is -2.22. The van der Waals surface area contributed by atoms with E-state index in [2.05, 4.69) is 40.3 Å². The normalized spacial score (nSPS) is 10.6. The molecule has 0 aliphatic heterocycles. The molecule has 2 aromatic heterocycles. The first-order valence-electron chi connectivity index (χ1n) is 5.61. The van der Waals surface area contributed by atoms with Crippen LogP contribution >= 0.6 is 0 Å². The molecule has 0 amide bonds. The highest BCUT2D eigenvalue weighted by Crippen LogP contribution is 2.24. The predicted molar refractivity (Wildman–Crippen MR) is 69.7 cm³/mol. The Kier molecular flexibility index (Phi) is 2.33. The van der Waals surface area contributed by atoms with E-state index in [9.17, 15) is 0 Å². The van der Waals surface area contributed by atoms with Crippen molar-refractivity contribution in [2.75, 3.05) is 0 Å². The summed E-state index contributed by atoms with van der Waals surface area (Å²) in [6.07, 6.45) is 3.64. The van der Waals surface area contributed by atoms with Crippen molar-refractivity contribution >= 4 is 10.9 Å². The molecule has 2 heterocycles. The molecule has 0 bridgehead atoms. The van der Waals surface area contributed by atoms with Crippen molar-refractivity contribution in [3.8, 4) is 11.1 Å². The van der Waals surface area contributed by atoms with E-state index >= 15 is 0 Å². The van der Waals surface area contributed by atoms with E-state index in [-0.39, 0.29) is 0 Å². The van der Waals surface area contributed by atoms with Crippen LogP contribution < -0.4 is 0 Å². The lowest BCUT2D eigenvalue weighted by molar-refractivity contribution is 1.20. The minimum Gasteiger partial charge on any atom is -0.261 e. The van der Waals surface area contributed by atoms with Crippen LogP contribution in [-0.4, -0.2) is 9.97 Å². The number of hydrogen-bond donors (Lipinski definition) is 0. The SMILES string of the molecule is Cc1ncccc1-c1ccc2ncccc2c1. The Bertz CT molecular complexity index is 674. The first-order chi connectivity index (χ1) is 8.34. The maximum Gasteiger partial charge on any atom is 0.0702 e. The van der Waals surface area contributed by atoms with Crippen molar-refractivity contribution in [2.45, 2.75) is 6.92 Å². The molecule has 0 spiro atoms. The monoisotopic (exact) mass is 220 g/mol. The minimum atomic E-state index is 1.03. The van der Waals surface area contributed by atoms with E-state index in [1.54, 1.807) is 0 Å². The van der Waals surface area contributed by atoms with E-state index in [1.165, 1.54) is 11.1 Å². The molecule has 0 fully saturated rings. The van der Waals surface area contributed by atoms with E-state index in [0.29, 0.717) is 0 Å². The fourth-order valence-corrected chi connectivity index (χ4v) is 2.03. The van der Waals surface area contributed by atoms with Crippen LogP contribution in [0.25, 0.3) is 22.0 Å². The summed E-state index contributed by atoms with van der Waals surface area (Å²) < 4.78 is 0. The van der Waals surface area contributed by atoms with E-state index in [0.717, 1.165) is 16.6 Å². The molecule has 3 rings (SSSR count). The van der Waals surface area contributed by atoms with Gasteiger partial charge < -0.3 is 0 Å². The first-order valence-corrected chi connectivity index (χ1v) is 5.61. The second-order valence-corrected chi connectivity index (χ2v) is 4.05. The predicted octanol–water partition coefficient (Wildman–Crippen LogP) is 3.61. The lowest BCUT2D eigenvalue weighted by Gasteiger charge is -2.05. The number of nitrogens with zero attached hydrogens (tertiary/aromatic N) is 2. The van der Waals surface area contributed by atoms with Gasteiger partial charge in [0, 0.05) is 29.0 Å². The van der Waals surface area contributed by atoms with Crippen LogP contribution in [0.15, 0.2) is 54.9 Å². The summed E-state index contributed by atoms with van der Waals surface area (Å²) in [5.41, 5.74) is 4.45. The van der Waals surface area contributed by atoms with Crippen LogP contribution in [0.2, 0.25) is 0 Å². The van der Waals surface area contributed by atoms with Gasteiger partial charge in [0.25, 0.3) is 0 Å². The summed E-state index contributed by atoms with van der Waals surface area (Å²) in [6, 6.07) is 14.4. The Morgan fingerprint density at radius 3 is 2.59 bits per heavy atom. The lowest BCUT2D eigenvalue weighted by atomic mass is 10.0. The van der Waals surface area contributed by atoms with Gasteiger partial charge in [-0.2, -0.15) is 0 Å². The zero-order valence-electron chi connectivity index (χ0n) is 9.59. The highest BCUT2D eigenvalue weighted by atomic mass is 14.7. The van der Waals surface area contributed by atoms with Gasteiger partial charge in [-0.3, -0.25) is 9.97 Å². The molecule has 82 valence electrons. The Morgan fingerprint density at radius 2 is 1.71 bits per heavy atom. The minimum absolute atomic E-state index is 1.03. The number of benzene rings is 1. The van der Waals surface area contributed by atoms with Gasteiger partial charge in [-0.15, -0.1) is 0 Å². The first kappa shape index (κ1) is 9.97. The zero-order chi connectivity index (χ0) is 11.7. The molecule has 17 heavy (non-hydrogen) atoms. The summed E-state index contributed by atoms with van der Waals surface area (Å²) in [4.78, 5) is 8.64. The summed E-state index contributed by atoms with van der Waals surface area (Å²) in [7, 11) is 0. The number of fused-ring (bicyclic) bond motifs is 1. The van der Waals surface area contributed by atoms with E-state index in [4.69, 9.17) is 0 Å². The van der Waals surface area contributed by atoms with E-state index < -0.39 is 0 Å². The molecule has 0 saturated heterocycles. The fourth-order valence-electron chi connectivity index (χ4n) is 2.03. The van der Waals surface area contributed by atoms with Gasteiger partial charge in [-0.25, -0.2) is 0 Å². The molecule has 0 radical (unpaired) electrons. The van der Waals surface area contributed by atoms with Crippen LogP contribution in [0, 0.1) is 6.92 Å². The van der Waals surface area contributed by atoms with Crippen LogP contribution in [0.4, 0.5) is 0 Å². The second-order valence-electron chi connectivity index (χ2n) is 4.05. The molecule has 0 N–H and O–H groups in total. The molecule has 0 aliphatic carbocycles. The number of hydrogen-bond acceptors (Lipinski definition) is 2. The quantitative estimate of drug-likeness (QED) is 0.626. The van der Waals surface area contributed by atoms with Gasteiger partial charge in [0.05, 0.1) is 5.52 Å². The maximum absolute atomic E-state index is 4.32. The van der Waals surface area contributed by atoms with Gasteiger partial charge in [0.2, 0.25) is 0 Å². The molecular formula is C15H12N2. The number of rotatable bonds is 1. The Morgan fingerprint density at radius 1 is 0.882 bits per heavy atom. The van der Waals surface area contributed by atoms with Crippen molar-refractivity contribution < 1.29 is 0 Å². The van der Waals surface area contributed by atoms with Gasteiger partial charge in [-0.05, 0) is 36.8 Å². The number of pyridine rings is 2. The molecular weight excluding hydrogens is 208 g/mol. The van der Waals surface area contributed by atoms with Gasteiger partial charge >= 0.3 is 0 Å². The van der Waals surface area contributed by atoms with Crippen molar-refractivity contribution in [1.29, 1.82) is 0 Å². The van der Waals surface area contributed by atoms with Crippen molar-refractivity contribution in [3.63, 3.8) is 0 Å². The molecule has 1 aromatic carbocycles. The largest absolute Gasteiger partial charge is 0.261 e. The third kappa shape index (κ3) is 1.78. The summed E-state index contributed by atoms with van der Waals surface area (Å²) in [5.74, 6) is 0. The average molecular weight is 220 g/mol. The Labute approximate surface area is 100.0 Å². The molecule has 2 nitrogen and oxygen atoms in total. The van der Waals surface area contributed by atoms with Crippen LogP contribution in [0.1, 0.15) is 5.69 Å². The van der Waals surface area contributed by atoms with Crippen LogP contribution in [0.5, 0.6) is 0 Å². The van der Waals surface area contributed by atoms with Crippen LogP contribution in [0.3, 0.4) is 0 Å². The van der Waals surface area contributed by atoms with Crippen molar-refractivity contribution in [2.24, 2.45) is 0 Å². The topological polar surface area (TPSA) is 25.8 Å². The molecule has 0 atom stereocenters. The standard InChI is InChI=1S/C15H12N2/c1-11-14(5-3-8-16-11)12-6-7-15-13(10-12)4-2-9-17-15/h2-10H,1H3. The number of aromatic nitrogens is 2.